The number of para-hydroxylation sites is 1. The van der Waals surface area contributed by atoms with Crippen molar-refractivity contribution in [1.29, 1.82) is 0 Å². The molecule has 7 nitrogen and oxygen atoms in total. The van der Waals surface area contributed by atoms with Gasteiger partial charge in [-0.3, -0.25) is 4.79 Å². The van der Waals surface area contributed by atoms with Gasteiger partial charge in [-0.05, 0) is 48.9 Å². The number of hydrogen-bond acceptors (Lipinski definition) is 6. The summed E-state index contributed by atoms with van der Waals surface area (Å²) in [7, 11) is 0. The average molecular weight is 518 g/mol. The van der Waals surface area contributed by atoms with E-state index in [9.17, 15) is 4.79 Å². The van der Waals surface area contributed by atoms with Crippen LogP contribution in [-0.4, -0.2) is 31.0 Å². The molecule has 0 atom stereocenters. The molecule has 6 aromatic rings. The van der Waals surface area contributed by atoms with Crippen LogP contribution in [0.25, 0.3) is 39.4 Å². The Kier molecular flexibility index (Phi) is 6.15. The summed E-state index contributed by atoms with van der Waals surface area (Å²) in [6.45, 7) is 6.17. The smallest absolute Gasteiger partial charge is 0.291 e. The number of thiazole rings is 1. The Balaban J connectivity index is 1.47. The monoisotopic (exact) mass is 517 g/mol. The van der Waals surface area contributed by atoms with E-state index in [0.717, 1.165) is 39.4 Å². The Labute approximate surface area is 222 Å². The van der Waals surface area contributed by atoms with E-state index in [1.165, 1.54) is 15.9 Å². The van der Waals surface area contributed by atoms with Gasteiger partial charge in [0.1, 0.15) is 18.1 Å². The minimum absolute atomic E-state index is 0.206. The lowest BCUT2D eigenvalue weighted by Crippen LogP contribution is -2.23. The van der Waals surface area contributed by atoms with Gasteiger partial charge < -0.3 is 4.74 Å². The second kappa shape index (κ2) is 9.91. The number of fused-ring (bicyclic) bond motifs is 1. The van der Waals surface area contributed by atoms with Crippen LogP contribution in [0.4, 0.5) is 0 Å². The molecule has 0 aliphatic rings. The molecule has 0 radical (unpaired) electrons. The summed E-state index contributed by atoms with van der Waals surface area (Å²) >= 11 is 1.31. The summed E-state index contributed by atoms with van der Waals surface area (Å²) < 4.78 is 9.44. The van der Waals surface area contributed by atoms with Crippen LogP contribution < -0.4 is 14.8 Å². The van der Waals surface area contributed by atoms with Gasteiger partial charge >= 0.3 is 0 Å². The van der Waals surface area contributed by atoms with E-state index in [-0.39, 0.29) is 5.56 Å². The molecule has 0 aliphatic heterocycles. The molecule has 0 unspecified atom stereocenters. The molecule has 0 saturated carbocycles. The molecule has 0 N–H and O–H groups in total. The summed E-state index contributed by atoms with van der Waals surface area (Å²) in [6, 6.07) is 25.4. The van der Waals surface area contributed by atoms with E-state index in [0.29, 0.717) is 21.9 Å². The average Bonchev–Trinajstić information content (AvgIpc) is 3.64. The molecular formula is C30H23N5O2S. The quantitative estimate of drug-likeness (QED) is 0.276. The first-order valence-electron chi connectivity index (χ1n) is 12.1. The van der Waals surface area contributed by atoms with Gasteiger partial charge in [-0.15, -0.1) is 5.10 Å². The van der Waals surface area contributed by atoms with Crippen LogP contribution in [-0.2, 0) is 0 Å². The topological polar surface area (TPSA) is 74.3 Å². The van der Waals surface area contributed by atoms with Crippen molar-refractivity contribution in [2.45, 2.75) is 6.92 Å². The molecule has 6 rings (SSSR count). The van der Waals surface area contributed by atoms with Crippen LogP contribution in [0.1, 0.15) is 11.1 Å². The fourth-order valence-corrected chi connectivity index (χ4v) is 5.15. The highest BCUT2D eigenvalue weighted by Gasteiger charge is 2.16. The maximum Gasteiger partial charge on any atom is 0.291 e. The molecule has 0 spiro atoms. The van der Waals surface area contributed by atoms with Gasteiger partial charge in [-0.25, -0.2) is 4.68 Å². The van der Waals surface area contributed by atoms with E-state index in [4.69, 9.17) is 9.84 Å². The van der Waals surface area contributed by atoms with Crippen molar-refractivity contribution in [2.75, 3.05) is 6.61 Å². The zero-order valence-electron chi connectivity index (χ0n) is 20.6. The largest absolute Gasteiger partial charge is 0.490 e. The van der Waals surface area contributed by atoms with Crippen molar-refractivity contribution in [3.63, 3.8) is 0 Å². The van der Waals surface area contributed by atoms with Crippen molar-refractivity contribution in [3.8, 4) is 34.1 Å². The molecular weight excluding hydrogens is 494 g/mol. The van der Waals surface area contributed by atoms with Crippen LogP contribution >= 0.6 is 11.3 Å². The summed E-state index contributed by atoms with van der Waals surface area (Å²) in [6.07, 6.45) is 5.53. The Hall–Kier alpha value is -4.82. The van der Waals surface area contributed by atoms with Crippen molar-refractivity contribution in [2.24, 2.45) is 0 Å². The second-order valence-electron chi connectivity index (χ2n) is 8.70. The normalized spacial score (nSPS) is 11.8. The van der Waals surface area contributed by atoms with Gasteiger partial charge in [0.05, 0.1) is 10.2 Å². The van der Waals surface area contributed by atoms with Gasteiger partial charge in [0.25, 0.3) is 5.56 Å². The Morgan fingerprint density at radius 2 is 1.76 bits per heavy atom. The predicted molar refractivity (Wildman–Crippen MR) is 151 cm³/mol. The summed E-state index contributed by atoms with van der Waals surface area (Å²) in [5, 5.41) is 9.39. The third-order valence-electron chi connectivity index (χ3n) is 6.08. The molecule has 38 heavy (non-hydrogen) atoms. The van der Waals surface area contributed by atoms with Crippen LogP contribution in [0, 0.1) is 6.92 Å². The number of nitrogens with zero attached hydrogens (tertiary/aromatic N) is 5. The number of benzene rings is 3. The first-order chi connectivity index (χ1) is 18.6. The molecule has 186 valence electrons. The van der Waals surface area contributed by atoms with Gasteiger partial charge in [0.15, 0.2) is 5.82 Å². The zero-order valence-corrected chi connectivity index (χ0v) is 21.4. The van der Waals surface area contributed by atoms with Crippen LogP contribution in [0.3, 0.4) is 0 Å². The van der Waals surface area contributed by atoms with E-state index in [1.807, 2.05) is 103 Å². The van der Waals surface area contributed by atoms with E-state index in [1.54, 1.807) is 6.08 Å². The fraction of sp³-hybridized carbons (Fsp3) is 0.0667. The van der Waals surface area contributed by atoms with Crippen molar-refractivity contribution < 1.29 is 4.74 Å². The lowest BCUT2D eigenvalue weighted by Gasteiger charge is -2.08. The van der Waals surface area contributed by atoms with Crippen LogP contribution in [0.15, 0.2) is 103 Å². The van der Waals surface area contributed by atoms with Crippen molar-refractivity contribution >= 4 is 22.4 Å². The van der Waals surface area contributed by atoms with E-state index < -0.39 is 0 Å². The van der Waals surface area contributed by atoms with Gasteiger partial charge in [-0.1, -0.05) is 72.5 Å². The number of ether oxygens (including phenoxy) is 1. The van der Waals surface area contributed by atoms with E-state index >= 15 is 0 Å². The third-order valence-corrected chi connectivity index (χ3v) is 7.04. The number of aryl methyl sites for hydroxylation is 1. The Morgan fingerprint density at radius 3 is 2.47 bits per heavy atom. The molecule has 0 bridgehead atoms. The SMILES string of the molecule is C=CCOc1ccc(-c2nn(-c3ccccc3)cc2/C=c2\sc3nc(-c4ccccc4)nn3c2=O)c(C)c1. The third kappa shape index (κ3) is 4.42. The van der Waals surface area contributed by atoms with Crippen molar-refractivity contribution in [1.82, 2.24) is 24.4 Å². The maximum atomic E-state index is 13.3. The van der Waals surface area contributed by atoms with Gasteiger partial charge in [-0.2, -0.15) is 14.6 Å². The minimum atomic E-state index is -0.206. The van der Waals surface area contributed by atoms with E-state index in [2.05, 4.69) is 16.7 Å². The summed E-state index contributed by atoms with van der Waals surface area (Å²) in [5.41, 5.74) is 5.15. The zero-order chi connectivity index (χ0) is 26.1. The lowest BCUT2D eigenvalue weighted by atomic mass is 10.0. The lowest BCUT2D eigenvalue weighted by molar-refractivity contribution is 0.363. The predicted octanol–water partition coefficient (Wildman–Crippen LogP) is 5.09. The maximum absolute atomic E-state index is 13.3. The summed E-state index contributed by atoms with van der Waals surface area (Å²) in [4.78, 5) is 18.5. The highest BCUT2D eigenvalue weighted by Crippen LogP contribution is 2.30. The van der Waals surface area contributed by atoms with Gasteiger partial charge in [0, 0.05) is 22.9 Å². The Bertz CT molecular complexity index is 1870. The van der Waals surface area contributed by atoms with Crippen molar-refractivity contribution in [3.05, 3.63) is 124 Å². The second-order valence-corrected chi connectivity index (χ2v) is 9.71. The molecule has 0 fully saturated rings. The highest BCUT2D eigenvalue weighted by atomic mass is 32.1. The molecule has 8 heteroatoms. The molecule has 3 aromatic heterocycles. The first-order valence-corrected chi connectivity index (χ1v) is 12.9. The fourth-order valence-electron chi connectivity index (χ4n) is 4.25. The Morgan fingerprint density at radius 1 is 1.00 bits per heavy atom. The molecule has 0 aliphatic carbocycles. The number of rotatable bonds is 7. The standard InChI is InChI=1S/C30H23N5O2S/c1-3-16-37-24-14-15-25(20(2)17-24)27-22(19-34(32-27)23-12-8-5-9-13-23)18-26-29(36)35-30(38-26)31-28(33-35)21-10-6-4-7-11-21/h3-15,17-19H,1,16H2,2H3/b26-18-. The van der Waals surface area contributed by atoms with Crippen LogP contribution in [0.2, 0.25) is 0 Å². The highest BCUT2D eigenvalue weighted by molar-refractivity contribution is 7.15. The first kappa shape index (κ1) is 23.6. The van der Waals surface area contributed by atoms with Gasteiger partial charge in [0.2, 0.25) is 4.96 Å². The molecule has 3 heterocycles. The number of hydrogen-bond donors (Lipinski definition) is 0. The summed E-state index contributed by atoms with van der Waals surface area (Å²) in [5.74, 6) is 1.30. The molecule has 0 amide bonds. The molecule has 0 saturated heterocycles. The number of aromatic nitrogens is 5. The van der Waals surface area contributed by atoms with Crippen LogP contribution in [0.5, 0.6) is 5.75 Å². The molecule has 3 aromatic carbocycles. The minimum Gasteiger partial charge on any atom is -0.490 e.